The highest BCUT2D eigenvalue weighted by Crippen LogP contribution is 2.20. The number of aryl methyl sites for hydroxylation is 1. The van der Waals surface area contributed by atoms with Crippen LogP contribution in [-0.4, -0.2) is 11.9 Å². The molecule has 0 heterocycles. The van der Waals surface area contributed by atoms with Crippen LogP contribution in [0, 0.1) is 19.3 Å². The van der Waals surface area contributed by atoms with Gasteiger partial charge in [-0.2, -0.15) is 0 Å². The van der Waals surface area contributed by atoms with Crippen LogP contribution in [0.1, 0.15) is 35.7 Å². The normalized spacial score (nSPS) is 11.6. The van der Waals surface area contributed by atoms with Gasteiger partial charge in [0.15, 0.2) is 0 Å². The Hall–Kier alpha value is -1.46. The fourth-order valence-corrected chi connectivity index (χ4v) is 1.76. The molecule has 0 fully saturated rings. The van der Waals surface area contributed by atoms with Gasteiger partial charge in [-0.1, -0.05) is 43.0 Å². The Morgan fingerprint density at radius 1 is 1.59 bits per heavy atom. The molecular formula is C14H16ClNO. The van der Waals surface area contributed by atoms with Crippen molar-refractivity contribution >= 4 is 17.5 Å². The van der Waals surface area contributed by atoms with E-state index in [-0.39, 0.29) is 11.9 Å². The van der Waals surface area contributed by atoms with Crippen molar-refractivity contribution in [2.75, 3.05) is 0 Å². The van der Waals surface area contributed by atoms with Crippen LogP contribution in [0.3, 0.4) is 0 Å². The van der Waals surface area contributed by atoms with E-state index in [1.807, 2.05) is 19.9 Å². The van der Waals surface area contributed by atoms with Gasteiger partial charge in [0.25, 0.3) is 5.91 Å². The predicted octanol–water partition coefficient (Wildman–Crippen LogP) is 3.18. The molecule has 0 aliphatic rings. The van der Waals surface area contributed by atoms with Crippen LogP contribution in [0.2, 0.25) is 5.02 Å². The molecule has 0 saturated carbocycles. The molecule has 0 saturated heterocycles. The number of hydrogen-bond acceptors (Lipinski definition) is 1. The Bertz CT molecular complexity index is 448. The summed E-state index contributed by atoms with van der Waals surface area (Å²) in [6.07, 6.45) is 7.05. The summed E-state index contributed by atoms with van der Waals surface area (Å²) in [5, 5.41) is 3.28. The van der Waals surface area contributed by atoms with E-state index < -0.39 is 0 Å². The zero-order valence-corrected chi connectivity index (χ0v) is 10.8. The molecule has 0 bridgehead atoms. The van der Waals surface area contributed by atoms with Crippen molar-refractivity contribution in [1.29, 1.82) is 0 Å². The van der Waals surface area contributed by atoms with Gasteiger partial charge in [-0.3, -0.25) is 4.79 Å². The third-order valence-electron chi connectivity index (χ3n) is 2.52. The maximum absolute atomic E-state index is 12.0. The van der Waals surface area contributed by atoms with Crippen LogP contribution >= 0.6 is 11.6 Å². The van der Waals surface area contributed by atoms with Crippen molar-refractivity contribution in [2.24, 2.45) is 0 Å². The first kappa shape index (κ1) is 13.6. The van der Waals surface area contributed by atoms with Gasteiger partial charge in [-0.25, -0.2) is 0 Å². The molecule has 1 amide bonds. The number of carbonyl (C=O) groups is 1. The van der Waals surface area contributed by atoms with Gasteiger partial charge in [0.05, 0.1) is 16.6 Å². The Morgan fingerprint density at radius 3 is 2.88 bits per heavy atom. The molecule has 1 atom stereocenters. The molecule has 0 spiro atoms. The number of benzene rings is 1. The average Bonchev–Trinajstić information content (AvgIpc) is 2.31. The molecule has 3 heteroatoms. The Kier molecular flexibility index (Phi) is 5.06. The second kappa shape index (κ2) is 6.32. The SMILES string of the molecule is C#CC(CCC)NC(=O)c1cccc(C)c1Cl. The maximum Gasteiger partial charge on any atom is 0.253 e. The van der Waals surface area contributed by atoms with Crippen molar-refractivity contribution < 1.29 is 4.79 Å². The highest BCUT2D eigenvalue weighted by atomic mass is 35.5. The number of halogens is 1. The molecule has 1 aromatic rings. The zero-order chi connectivity index (χ0) is 12.8. The average molecular weight is 250 g/mol. The minimum Gasteiger partial charge on any atom is -0.338 e. The number of carbonyl (C=O) groups excluding carboxylic acids is 1. The summed E-state index contributed by atoms with van der Waals surface area (Å²) in [4.78, 5) is 12.0. The van der Waals surface area contributed by atoms with Gasteiger partial charge in [0.2, 0.25) is 0 Å². The van der Waals surface area contributed by atoms with E-state index in [1.165, 1.54) is 0 Å². The maximum atomic E-state index is 12.0. The number of hydrogen-bond donors (Lipinski definition) is 1. The van der Waals surface area contributed by atoms with Crippen LogP contribution in [0.4, 0.5) is 0 Å². The lowest BCUT2D eigenvalue weighted by Crippen LogP contribution is -2.33. The van der Waals surface area contributed by atoms with Crippen LogP contribution in [0.5, 0.6) is 0 Å². The fraction of sp³-hybridized carbons (Fsp3) is 0.357. The zero-order valence-electron chi connectivity index (χ0n) is 10.1. The molecule has 0 aliphatic heterocycles. The molecule has 1 rings (SSSR count). The van der Waals surface area contributed by atoms with Gasteiger partial charge >= 0.3 is 0 Å². The summed E-state index contributed by atoms with van der Waals surface area (Å²) < 4.78 is 0. The van der Waals surface area contributed by atoms with Crippen LogP contribution < -0.4 is 5.32 Å². The quantitative estimate of drug-likeness (QED) is 0.816. The summed E-state index contributed by atoms with van der Waals surface area (Å²) in [5.74, 6) is 2.35. The Labute approximate surface area is 107 Å². The van der Waals surface area contributed by atoms with Crippen molar-refractivity contribution in [3.05, 3.63) is 34.3 Å². The van der Waals surface area contributed by atoms with Gasteiger partial charge in [-0.05, 0) is 25.0 Å². The minimum absolute atomic E-state index is 0.213. The first-order valence-electron chi connectivity index (χ1n) is 5.62. The molecule has 2 nitrogen and oxygen atoms in total. The van der Waals surface area contributed by atoms with E-state index in [9.17, 15) is 4.79 Å². The molecule has 0 aromatic heterocycles. The molecule has 0 radical (unpaired) electrons. The minimum atomic E-state index is -0.232. The Balaban J connectivity index is 2.83. The van der Waals surface area contributed by atoms with E-state index in [0.29, 0.717) is 10.6 Å². The molecule has 1 aromatic carbocycles. The molecule has 0 aliphatic carbocycles. The third kappa shape index (κ3) is 3.51. The number of rotatable bonds is 4. The van der Waals surface area contributed by atoms with Gasteiger partial charge in [-0.15, -0.1) is 6.42 Å². The molecule has 1 N–H and O–H groups in total. The van der Waals surface area contributed by atoms with E-state index in [0.717, 1.165) is 18.4 Å². The van der Waals surface area contributed by atoms with E-state index in [2.05, 4.69) is 11.2 Å². The Morgan fingerprint density at radius 2 is 2.29 bits per heavy atom. The number of amides is 1. The molecular weight excluding hydrogens is 234 g/mol. The first-order valence-corrected chi connectivity index (χ1v) is 6.00. The second-order valence-corrected chi connectivity index (χ2v) is 4.30. The summed E-state index contributed by atoms with van der Waals surface area (Å²) in [5.41, 5.74) is 1.36. The second-order valence-electron chi connectivity index (χ2n) is 3.92. The number of nitrogens with one attached hydrogen (secondary N) is 1. The lowest BCUT2D eigenvalue weighted by molar-refractivity contribution is 0.0944. The highest BCUT2D eigenvalue weighted by molar-refractivity contribution is 6.34. The summed E-state index contributed by atoms with van der Waals surface area (Å²) in [6, 6.07) is 5.14. The molecule has 17 heavy (non-hydrogen) atoms. The highest BCUT2D eigenvalue weighted by Gasteiger charge is 2.14. The van der Waals surface area contributed by atoms with Gasteiger partial charge in [0, 0.05) is 0 Å². The third-order valence-corrected chi connectivity index (χ3v) is 3.02. The van der Waals surface area contributed by atoms with E-state index >= 15 is 0 Å². The predicted molar refractivity (Wildman–Crippen MR) is 71.2 cm³/mol. The lowest BCUT2D eigenvalue weighted by Gasteiger charge is -2.13. The van der Waals surface area contributed by atoms with Gasteiger partial charge in [0.1, 0.15) is 0 Å². The summed E-state index contributed by atoms with van der Waals surface area (Å²) in [7, 11) is 0. The number of terminal acetylenes is 1. The summed E-state index contributed by atoms with van der Waals surface area (Å²) in [6.45, 7) is 3.89. The first-order chi connectivity index (χ1) is 8.10. The van der Waals surface area contributed by atoms with Crippen molar-refractivity contribution in [2.45, 2.75) is 32.7 Å². The standard InChI is InChI=1S/C14H16ClNO/c1-4-7-11(5-2)16-14(17)12-9-6-8-10(3)13(12)15/h2,6,8-9,11H,4,7H2,1,3H3,(H,16,17). The van der Waals surface area contributed by atoms with E-state index in [4.69, 9.17) is 18.0 Å². The lowest BCUT2D eigenvalue weighted by atomic mass is 10.1. The fourth-order valence-electron chi connectivity index (χ4n) is 1.54. The van der Waals surface area contributed by atoms with Crippen LogP contribution in [0.15, 0.2) is 18.2 Å². The topological polar surface area (TPSA) is 29.1 Å². The summed E-state index contributed by atoms with van der Waals surface area (Å²) >= 11 is 6.08. The van der Waals surface area contributed by atoms with Crippen LogP contribution in [-0.2, 0) is 0 Å². The smallest absolute Gasteiger partial charge is 0.253 e. The largest absolute Gasteiger partial charge is 0.338 e. The monoisotopic (exact) mass is 249 g/mol. The van der Waals surface area contributed by atoms with Crippen molar-refractivity contribution in [3.63, 3.8) is 0 Å². The molecule has 90 valence electrons. The van der Waals surface area contributed by atoms with E-state index in [1.54, 1.807) is 12.1 Å². The van der Waals surface area contributed by atoms with Crippen molar-refractivity contribution in [3.8, 4) is 12.3 Å². The molecule has 1 unspecified atom stereocenters. The van der Waals surface area contributed by atoms with Crippen LogP contribution in [0.25, 0.3) is 0 Å². The van der Waals surface area contributed by atoms with Gasteiger partial charge < -0.3 is 5.32 Å². The van der Waals surface area contributed by atoms with Crippen molar-refractivity contribution in [1.82, 2.24) is 5.32 Å².